The molecule has 0 saturated carbocycles. The first-order valence-electron chi connectivity index (χ1n) is 6.98. The average molecular weight is 348 g/mol. The Hall–Kier alpha value is -2.25. The third-order valence-electron chi connectivity index (χ3n) is 3.17. The van der Waals surface area contributed by atoms with E-state index in [4.69, 9.17) is 11.6 Å². The van der Waals surface area contributed by atoms with Crippen LogP contribution in [0.15, 0.2) is 41.8 Å². The normalized spacial score (nSPS) is 12.1. The van der Waals surface area contributed by atoms with Crippen LogP contribution >= 0.6 is 22.9 Å². The van der Waals surface area contributed by atoms with Gasteiger partial charge in [0, 0.05) is 15.5 Å². The van der Waals surface area contributed by atoms with Crippen molar-refractivity contribution >= 4 is 28.8 Å². The monoisotopic (exact) mass is 347 g/mol. The number of nitrogens with zero attached hydrogens (tertiary/aromatic N) is 4. The second kappa shape index (κ2) is 6.89. The molecule has 1 N–H and O–H groups in total. The number of rotatable bonds is 5. The van der Waals surface area contributed by atoms with Crippen LogP contribution in [0.2, 0.25) is 5.02 Å². The molecule has 3 rings (SSSR count). The highest BCUT2D eigenvalue weighted by atomic mass is 35.5. The molecule has 2 heterocycles. The van der Waals surface area contributed by atoms with E-state index in [1.807, 2.05) is 36.6 Å². The number of tetrazole rings is 1. The molecule has 0 fully saturated rings. The lowest BCUT2D eigenvalue weighted by Crippen LogP contribution is -2.30. The molecule has 1 aromatic carbocycles. The number of nitrogens with one attached hydrogen (secondary N) is 1. The van der Waals surface area contributed by atoms with Gasteiger partial charge < -0.3 is 5.32 Å². The first-order chi connectivity index (χ1) is 11.1. The minimum atomic E-state index is -0.166. The third kappa shape index (κ3) is 3.94. The van der Waals surface area contributed by atoms with Gasteiger partial charge in [0.15, 0.2) is 0 Å². The van der Waals surface area contributed by atoms with Crippen LogP contribution in [0.25, 0.3) is 11.4 Å². The Labute approximate surface area is 142 Å². The zero-order valence-electron chi connectivity index (χ0n) is 12.3. The number of carbonyl (C=O) groups is 1. The Kier molecular flexibility index (Phi) is 4.68. The maximum absolute atomic E-state index is 12.1. The molecule has 6 nitrogen and oxygen atoms in total. The third-order valence-corrected chi connectivity index (χ3v) is 4.46. The molecule has 0 bridgehead atoms. The fraction of sp³-hybridized carbons (Fsp3) is 0.200. The summed E-state index contributed by atoms with van der Waals surface area (Å²) >= 11 is 7.55. The second-order valence-corrected chi connectivity index (χ2v) is 6.37. The molecule has 118 valence electrons. The van der Waals surface area contributed by atoms with Crippen molar-refractivity contribution in [1.29, 1.82) is 0 Å². The van der Waals surface area contributed by atoms with Gasteiger partial charge in [-0.1, -0.05) is 29.8 Å². The Bertz CT molecular complexity index is 802. The Balaban J connectivity index is 1.63. The largest absolute Gasteiger partial charge is 0.347 e. The van der Waals surface area contributed by atoms with E-state index in [9.17, 15) is 4.79 Å². The summed E-state index contributed by atoms with van der Waals surface area (Å²) in [6.45, 7) is 1.96. The topological polar surface area (TPSA) is 72.7 Å². The van der Waals surface area contributed by atoms with Crippen molar-refractivity contribution in [2.24, 2.45) is 0 Å². The molecule has 1 atom stereocenters. The van der Waals surface area contributed by atoms with Crippen molar-refractivity contribution in [2.75, 3.05) is 0 Å². The van der Waals surface area contributed by atoms with Gasteiger partial charge in [0.2, 0.25) is 11.7 Å². The van der Waals surface area contributed by atoms with Crippen LogP contribution in [-0.4, -0.2) is 26.1 Å². The van der Waals surface area contributed by atoms with E-state index in [2.05, 4.69) is 20.7 Å². The van der Waals surface area contributed by atoms with Crippen LogP contribution in [-0.2, 0) is 11.3 Å². The number of carbonyl (C=O) groups excluding carboxylic acids is 1. The zero-order valence-corrected chi connectivity index (χ0v) is 13.9. The summed E-state index contributed by atoms with van der Waals surface area (Å²) in [5.41, 5.74) is 0.760. The van der Waals surface area contributed by atoms with Crippen molar-refractivity contribution in [3.63, 3.8) is 0 Å². The summed E-state index contributed by atoms with van der Waals surface area (Å²) < 4.78 is 0. The summed E-state index contributed by atoms with van der Waals surface area (Å²) in [4.78, 5) is 14.4. The number of thiophene rings is 1. The van der Waals surface area contributed by atoms with Gasteiger partial charge in [-0.15, -0.1) is 21.5 Å². The summed E-state index contributed by atoms with van der Waals surface area (Å²) in [7, 11) is 0. The van der Waals surface area contributed by atoms with Gasteiger partial charge >= 0.3 is 0 Å². The van der Waals surface area contributed by atoms with Gasteiger partial charge in [-0.2, -0.15) is 4.80 Å². The molecule has 0 radical (unpaired) electrons. The molecule has 0 unspecified atom stereocenters. The zero-order chi connectivity index (χ0) is 16.2. The van der Waals surface area contributed by atoms with Gasteiger partial charge in [-0.25, -0.2) is 0 Å². The Morgan fingerprint density at radius 3 is 3.00 bits per heavy atom. The second-order valence-electron chi connectivity index (χ2n) is 4.96. The maximum Gasteiger partial charge on any atom is 0.244 e. The predicted octanol–water partition coefficient (Wildman–Crippen LogP) is 2.93. The number of halogens is 1. The van der Waals surface area contributed by atoms with Crippen molar-refractivity contribution in [2.45, 2.75) is 19.5 Å². The van der Waals surface area contributed by atoms with Crippen molar-refractivity contribution in [3.8, 4) is 11.4 Å². The average Bonchev–Trinajstić information content (AvgIpc) is 3.18. The molecular weight excluding hydrogens is 334 g/mol. The standard InChI is InChI=1S/C15H14ClN5OS/c1-10(13-6-3-7-23-13)17-14(22)9-21-19-15(18-20-21)11-4-2-5-12(16)8-11/h2-8,10H,9H2,1H3,(H,17,22)/t10-/m0/s1. The van der Waals surface area contributed by atoms with Gasteiger partial charge in [-0.05, 0) is 35.7 Å². The molecule has 8 heteroatoms. The summed E-state index contributed by atoms with van der Waals surface area (Å²) in [6, 6.07) is 11.1. The van der Waals surface area contributed by atoms with E-state index >= 15 is 0 Å². The molecule has 3 aromatic rings. The van der Waals surface area contributed by atoms with E-state index in [1.54, 1.807) is 23.5 Å². The smallest absolute Gasteiger partial charge is 0.244 e. The first kappa shape index (κ1) is 15.6. The lowest BCUT2D eigenvalue weighted by molar-refractivity contribution is -0.122. The SMILES string of the molecule is C[C@H](NC(=O)Cn1nnc(-c2cccc(Cl)c2)n1)c1cccs1. The summed E-state index contributed by atoms with van der Waals surface area (Å²) in [5.74, 6) is 0.271. The number of benzene rings is 1. The van der Waals surface area contributed by atoms with Gasteiger partial charge in [-0.3, -0.25) is 4.79 Å². The summed E-state index contributed by atoms with van der Waals surface area (Å²) in [5, 5.41) is 17.6. The molecule has 23 heavy (non-hydrogen) atoms. The van der Waals surface area contributed by atoms with E-state index in [-0.39, 0.29) is 18.5 Å². The lowest BCUT2D eigenvalue weighted by Gasteiger charge is -2.11. The van der Waals surface area contributed by atoms with E-state index in [0.29, 0.717) is 10.8 Å². The van der Waals surface area contributed by atoms with Crippen molar-refractivity contribution in [3.05, 3.63) is 51.7 Å². The molecule has 0 spiro atoms. The van der Waals surface area contributed by atoms with E-state index < -0.39 is 0 Å². The molecule has 0 saturated heterocycles. The van der Waals surface area contributed by atoms with Gasteiger partial charge in [0.1, 0.15) is 6.54 Å². The Morgan fingerprint density at radius 1 is 1.39 bits per heavy atom. The van der Waals surface area contributed by atoms with Crippen molar-refractivity contribution < 1.29 is 4.79 Å². The number of hydrogen-bond acceptors (Lipinski definition) is 5. The predicted molar refractivity (Wildman–Crippen MR) is 89.1 cm³/mol. The van der Waals surface area contributed by atoms with E-state index in [1.165, 1.54) is 4.80 Å². The molecule has 2 aromatic heterocycles. The fourth-order valence-electron chi connectivity index (χ4n) is 2.08. The minimum absolute atomic E-state index is 0.0171. The van der Waals surface area contributed by atoms with Crippen LogP contribution in [0, 0.1) is 0 Å². The molecule has 1 amide bonds. The highest BCUT2D eigenvalue weighted by Gasteiger charge is 2.13. The molecule has 0 aliphatic heterocycles. The molecule has 0 aliphatic carbocycles. The van der Waals surface area contributed by atoms with E-state index in [0.717, 1.165) is 10.4 Å². The Morgan fingerprint density at radius 2 is 2.26 bits per heavy atom. The highest BCUT2D eigenvalue weighted by Crippen LogP contribution is 2.19. The quantitative estimate of drug-likeness (QED) is 0.770. The van der Waals surface area contributed by atoms with Crippen LogP contribution in [0.4, 0.5) is 0 Å². The minimum Gasteiger partial charge on any atom is -0.347 e. The molecule has 0 aliphatic rings. The van der Waals surface area contributed by atoms with Crippen molar-refractivity contribution in [1.82, 2.24) is 25.5 Å². The molecular formula is C15H14ClN5OS. The number of amides is 1. The first-order valence-corrected chi connectivity index (χ1v) is 8.24. The van der Waals surface area contributed by atoms with Crippen LogP contribution in [0.3, 0.4) is 0 Å². The highest BCUT2D eigenvalue weighted by molar-refractivity contribution is 7.10. The van der Waals surface area contributed by atoms with Crippen LogP contribution in [0.1, 0.15) is 17.8 Å². The van der Waals surface area contributed by atoms with Crippen LogP contribution in [0.5, 0.6) is 0 Å². The number of hydrogen-bond donors (Lipinski definition) is 1. The van der Waals surface area contributed by atoms with Crippen LogP contribution < -0.4 is 5.32 Å². The number of aromatic nitrogens is 4. The lowest BCUT2D eigenvalue weighted by atomic mass is 10.2. The summed E-state index contributed by atoms with van der Waals surface area (Å²) in [6.07, 6.45) is 0. The van der Waals surface area contributed by atoms with Gasteiger partial charge in [0.25, 0.3) is 0 Å². The van der Waals surface area contributed by atoms with Gasteiger partial charge in [0.05, 0.1) is 6.04 Å². The fourth-order valence-corrected chi connectivity index (χ4v) is 3.00. The maximum atomic E-state index is 12.1.